The number of aromatic nitrogens is 2. The molecule has 10 heavy (non-hydrogen) atoms. The Labute approximate surface area is 65.4 Å². The van der Waals surface area contributed by atoms with Crippen molar-refractivity contribution in [3.8, 4) is 0 Å². The van der Waals surface area contributed by atoms with E-state index in [0.717, 1.165) is 5.69 Å². The van der Waals surface area contributed by atoms with Gasteiger partial charge in [-0.2, -0.15) is 0 Å². The molecule has 1 heterocycles. The fourth-order valence-corrected chi connectivity index (χ4v) is 1.27. The summed E-state index contributed by atoms with van der Waals surface area (Å²) in [6.07, 6.45) is 0. The largest absolute Gasteiger partial charge is 0.143 e. The summed E-state index contributed by atoms with van der Waals surface area (Å²) in [7, 11) is 0. The second-order valence-electron chi connectivity index (χ2n) is 2.86. The summed E-state index contributed by atoms with van der Waals surface area (Å²) in [5, 5.41) is 6.02. The highest BCUT2D eigenvalue weighted by Crippen LogP contribution is 2.21. The van der Waals surface area contributed by atoms with Crippen LogP contribution in [-0.2, 0) is 0 Å². The number of nitrogens with zero attached hydrogens (tertiary/aromatic N) is 2. The summed E-state index contributed by atoms with van der Waals surface area (Å²) in [6, 6.07) is 0. The third kappa shape index (κ3) is 1.53. The van der Waals surface area contributed by atoms with Crippen LogP contribution in [0.4, 0.5) is 0 Å². The summed E-state index contributed by atoms with van der Waals surface area (Å²) in [4.78, 5) is 0. The van der Waals surface area contributed by atoms with Gasteiger partial charge in [-0.05, 0) is 17.5 Å². The average Bonchev–Trinajstić information content (AvgIpc) is 2.36. The zero-order chi connectivity index (χ0) is 7.56. The predicted octanol–water partition coefficient (Wildman–Crippen LogP) is 2.30. The smallest absolute Gasteiger partial charge is 0.0786 e. The maximum absolute atomic E-state index is 4.01. The molecule has 0 aromatic carbocycles. The maximum Gasteiger partial charge on any atom is 0.0786 e. The van der Waals surface area contributed by atoms with Gasteiger partial charge in [-0.1, -0.05) is 25.3 Å². The van der Waals surface area contributed by atoms with Crippen LogP contribution in [0.2, 0.25) is 0 Å². The Balaban J connectivity index is 2.68. The van der Waals surface area contributed by atoms with E-state index in [0.29, 0.717) is 11.8 Å². The summed E-state index contributed by atoms with van der Waals surface area (Å²) in [5.41, 5.74) is 1.13. The lowest BCUT2D eigenvalue weighted by Gasteiger charge is -2.10. The predicted molar refractivity (Wildman–Crippen MR) is 43.2 cm³/mol. The van der Waals surface area contributed by atoms with Crippen molar-refractivity contribution in [1.29, 1.82) is 0 Å². The topological polar surface area (TPSA) is 25.8 Å². The molecule has 0 aliphatic carbocycles. The highest BCUT2D eigenvalue weighted by Gasteiger charge is 2.11. The van der Waals surface area contributed by atoms with E-state index in [4.69, 9.17) is 0 Å². The molecule has 2 nitrogen and oxygen atoms in total. The molecular formula is C7H12N2S. The van der Waals surface area contributed by atoms with Crippen LogP contribution in [0.1, 0.15) is 32.4 Å². The lowest BCUT2D eigenvalue weighted by atomic mass is 9.96. The molecule has 56 valence electrons. The third-order valence-corrected chi connectivity index (χ3v) is 2.37. The van der Waals surface area contributed by atoms with E-state index in [1.54, 1.807) is 0 Å². The van der Waals surface area contributed by atoms with Crippen LogP contribution >= 0.6 is 11.5 Å². The van der Waals surface area contributed by atoms with Gasteiger partial charge in [0.1, 0.15) is 0 Å². The van der Waals surface area contributed by atoms with Crippen molar-refractivity contribution in [2.24, 2.45) is 5.92 Å². The van der Waals surface area contributed by atoms with Crippen molar-refractivity contribution in [3.63, 3.8) is 0 Å². The second-order valence-corrected chi connectivity index (χ2v) is 3.47. The summed E-state index contributed by atoms with van der Waals surface area (Å²) in [6.45, 7) is 6.58. The Bertz CT molecular complexity index is 181. The molecule has 0 spiro atoms. The van der Waals surface area contributed by atoms with Gasteiger partial charge in [0.25, 0.3) is 0 Å². The molecule has 3 heteroatoms. The fourth-order valence-electron chi connectivity index (χ4n) is 0.712. The molecule has 1 atom stereocenters. The van der Waals surface area contributed by atoms with Crippen LogP contribution in [0.5, 0.6) is 0 Å². The van der Waals surface area contributed by atoms with E-state index < -0.39 is 0 Å². The molecular weight excluding hydrogens is 144 g/mol. The van der Waals surface area contributed by atoms with Crippen molar-refractivity contribution in [3.05, 3.63) is 11.1 Å². The highest BCUT2D eigenvalue weighted by molar-refractivity contribution is 7.03. The van der Waals surface area contributed by atoms with Crippen LogP contribution < -0.4 is 0 Å². The van der Waals surface area contributed by atoms with E-state index in [1.807, 2.05) is 5.38 Å². The normalized spacial score (nSPS) is 14.0. The zero-order valence-electron chi connectivity index (χ0n) is 6.53. The minimum absolute atomic E-state index is 0.541. The summed E-state index contributed by atoms with van der Waals surface area (Å²) >= 11 is 1.42. The van der Waals surface area contributed by atoms with Crippen molar-refractivity contribution >= 4 is 11.5 Å². The Morgan fingerprint density at radius 2 is 2.10 bits per heavy atom. The first kappa shape index (κ1) is 7.66. The second kappa shape index (κ2) is 3.10. The molecule has 1 aromatic heterocycles. The molecule has 0 bridgehead atoms. The SMILES string of the molecule is CC(C)C(C)c1csnn1. The Kier molecular flexibility index (Phi) is 2.38. The maximum atomic E-state index is 4.01. The van der Waals surface area contributed by atoms with Gasteiger partial charge in [-0.25, -0.2) is 0 Å². The summed E-state index contributed by atoms with van der Waals surface area (Å²) in [5.74, 6) is 1.20. The number of hydrogen-bond donors (Lipinski definition) is 0. The van der Waals surface area contributed by atoms with Crippen molar-refractivity contribution < 1.29 is 0 Å². The first-order chi connectivity index (χ1) is 4.72. The first-order valence-electron chi connectivity index (χ1n) is 3.48. The number of hydrogen-bond acceptors (Lipinski definition) is 3. The molecule has 0 radical (unpaired) electrons. The summed E-state index contributed by atoms with van der Waals surface area (Å²) < 4.78 is 3.82. The molecule has 1 rings (SSSR count). The van der Waals surface area contributed by atoms with E-state index in [9.17, 15) is 0 Å². The van der Waals surface area contributed by atoms with E-state index in [2.05, 4.69) is 30.4 Å². The quantitative estimate of drug-likeness (QED) is 0.656. The fraction of sp³-hybridized carbons (Fsp3) is 0.714. The van der Waals surface area contributed by atoms with Gasteiger partial charge in [-0.15, -0.1) is 5.10 Å². The average molecular weight is 156 g/mol. The first-order valence-corrected chi connectivity index (χ1v) is 4.32. The highest BCUT2D eigenvalue weighted by atomic mass is 32.1. The van der Waals surface area contributed by atoms with Crippen molar-refractivity contribution in [1.82, 2.24) is 9.59 Å². The molecule has 0 saturated carbocycles. The molecule has 0 aliphatic rings. The van der Waals surface area contributed by atoms with Crippen molar-refractivity contribution in [2.45, 2.75) is 26.7 Å². The monoisotopic (exact) mass is 156 g/mol. The zero-order valence-corrected chi connectivity index (χ0v) is 7.35. The molecule has 0 N–H and O–H groups in total. The molecule has 0 amide bonds. The van der Waals surface area contributed by atoms with Crippen LogP contribution in [0.3, 0.4) is 0 Å². The van der Waals surface area contributed by atoms with Gasteiger partial charge < -0.3 is 0 Å². The van der Waals surface area contributed by atoms with Gasteiger partial charge in [0.05, 0.1) is 5.69 Å². The van der Waals surface area contributed by atoms with Crippen LogP contribution in [0.25, 0.3) is 0 Å². The minimum Gasteiger partial charge on any atom is -0.143 e. The van der Waals surface area contributed by atoms with Crippen LogP contribution in [0.15, 0.2) is 5.38 Å². The van der Waals surface area contributed by atoms with Gasteiger partial charge >= 0.3 is 0 Å². The van der Waals surface area contributed by atoms with E-state index in [-0.39, 0.29) is 0 Å². The molecule has 1 aromatic rings. The van der Waals surface area contributed by atoms with E-state index in [1.165, 1.54) is 11.5 Å². The van der Waals surface area contributed by atoms with Crippen molar-refractivity contribution in [2.75, 3.05) is 0 Å². The van der Waals surface area contributed by atoms with Gasteiger partial charge in [0, 0.05) is 11.3 Å². The van der Waals surface area contributed by atoms with Gasteiger partial charge in [-0.3, -0.25) is 0 Å². The van der Waals surface area contributed by atoms with E-state index >= 15 is 0 Å². The Hall–Kier alpha value is -0.440. The Morgan fingerprint density at radius 3 is 2.50 bits per heavy atom. The van der Waals surface area contributed by atoms with Gasteiger partial charge in [0.15, 0.2) is 0 Å². The lowest BCUT2D eigenvalue weighted by Crippen LogP contribution is -2.01. The number of rotatable bonds is 2. The van der Waals surface area contributed by atoms with Crippen LogP contribution in [0, 0.1) is 5.92 Å². The standard InChI is InChI=1S/C7H12N2S/c1-5(2)6(3)7-4-10-9-8-7/h4-6H,1-3H3. The third-order valence-electron chi connectivity index (χ3n) is 1.84. The van der Waals surface area contributed by atoms with Crippen LogP contribution in [-0.4, -0.2) is 9.59 Å². The van der Waals surface area contributed by atoms with Gasteiger partial charge in [0.2, 0.25) is 0 Å². The molecule has 1 unspecified atom stereocenters. The Morgan fingerprint density at radius 1 is 1.40 bits per heavy atom. The molecule has 0 saturated heterocycles. The molecule has 0 fully saturated rings. The molecule has 0 aliphatic heterocycles. The minimum atomic E-state index is 0.541. The lowest BCUT2D eigenvalue weighted by molar-refractivity contribution is 0.522.